The van der Waals surface area contributed by atoms with Crippen molar-refractivity contribution in [3.63, 3.8) is 0 Å². The van der Waals surface area contributed by atoms with Crippen LogP contribution in [-0.4, -0.2) is 60.3 Å². The second-order valence-corrected chi connectivity index (χ2v) is 0. The minimum absolute atomic E-state index is 0. The van der Waals surface area contributed by atoms with Crippen molar-refractivity contribution >= 4 is 60.3 Å². The molecule has 0 spiro atoms. The molecule has 1 radical (unpaired) electrons. The summed E-state index contributed by atoms with van der Waals surface area (Å²) in [5.74, 6) is 0. The molecule has 0 aliphatic rings. The molecular weight excluding hydrogens is 516 g/mol. The predicted molar refractivity (Wildman–Crippen MR) is 28.4 cm³/mol. The van der Waals surface area contributed by atoms with Gasteiger partial charge in [0, 0.05) is 0 Å². The van der Waals surface area contributed by atoms with Gasteiger partial charge in [0.15, 0.2) is 0 Å². The molecule has 4 heteroatoms. The van der Waals surface area contributed by atoms with Gasteiger partial charge in [-0.15, -0.1) is 0 Å². The van der Waals surface area contributed by atoms with Crippen LogP contribution in [0, 0.1) is 0 Å². The van der Waals surface area contributed by atoms with E-state index in [9.17, 15) is 0 Å². The van der Waals surface area contributed by atoms with E-state index in [0.29, 0.717) is 0 Å². The molecule has 0 N–H and O–H groups in total. The zero-order valence-electron chi connectivity index (χ0n) is 0.710. The third-order valence-electron chi connectivity index (χ3n) is 0. The van der Waals surface area contributed by atoms with Gasteiger partial charge in [-0.2, -0.15) is 0 Å². The number of hydrogen-bond donors (Lipinski definition) is 0. The van der Waals surface area contributed by atoms with E-state index in [4.69, 9.17) is 0 Å². The summed E-state index contributed by atoms with van der Waals surface area (Å²) in [6.45, 7) is 0. The Morgan fingerprint density at radius 3 is 1.25 bits per heavy atom. The molecule has 0 rings (SSSR count). The van der Waals surface area contributed by atoms with E-state index in [2.05, 4.69) is 17.3 Å². The Hall–Kier alpha value is 2.87. The van der Waals surface area contributed by atoms with E-state index < -0.39 is 0 Å². The molecule has 0 aromatic rings. The molecule has 0 atom stereocenters. The molecule has 33 valence electrons. The van der Waals surface area contributed by atoms with Gasteiger partial charge in [0.05, 0.1) is 0 Å². The van der Waals surface area contributed by atoms with Gasteiger partial charge in [0.1, 0.15) is 0 Å². The van der Waals surface area contributed by atoms with E-state index in [1.54, 1.807) is 0 Å². The van der Waals surface area contributed by atoms with Gasteiger partial charge in [0.25, 0.3) is 0 Å². The molecule has 0 bridgehead atoms. The molecule has 0 aromatic heterocycles. The summed E-state index contributed by atoms with van der Waals surface area (Å²) in [4.78, 5) is 0. The van der Waals surface area contributed by atoms with Gasteiger partial charge in [-0.25, -0.2) is 0 Å². The zero-order valence-corrected chi connectivity index (χ0v) is 5.21. The van der Waals surface area contributed by atoms with Gasteiger partial charge < -0.3 is 0 Å². The van der Waals surface area contributed by atoms with Gasteiger partial charge in [-0.1, -0.05) is 0 Å². The van der Waals surface area contributed by atoms with Gasteiger partial charge in [0.2, 0.25) is 0 Å². The topological polar surface area (TPSA) is 0 Å². The standard InChI is InChI=1S/Au.GeH4.Sn.Te.4H/h;1H4;;;;;;. The third-order valence-corrected chi connectivity index (χ3v) is 0. The third kappa shape index (κ3) is 8.86. The molecule has 0 unspecified atom stereocenters. The number of hydrogen-bond acceptors (Lipinski definition) is 0. The molecule has 0 aliphatic carbocycles. The van der Waals surface area contributed by atoms with Crippen molar-refractivity contribution < 1.29 is 17.3 Å². The summed E-state index contributed by atoms with van der Waals surface area (Å²) in [7, 11) is 0. The van der Waals surface area contributed by atoms with E-state index in [1.165, 1.54) is 0 Å². The monoisotopic (exact) mass is 529 g/mol. The maximum atomic E-state index is 2.29. The molecule has 0 aliphatic heterocycles. The molecule has 0 saturated carbocycles. The van der Waals surface area contributed by atoms with Crippen molar-refractivity contribution in [2.45, 2.75) is 0 Å². The van der Waals surface area contributed by atoms with Crippen LogP contribution in [0.25, 0.3) is 0 Å². The predicted octanol–water partition coefficient (Wildman–Crippen LogP) is -3.29. The number of rotatable bonds is 0. The fraction of sp³-hybridized carbons (Fsp3) is 0. The van der Waals surface area contributed by atoms with Crippen molar-refractivity contribution in [1.82, 2.24) is 0 Å². The van der Waals surface area contributed by atoms with Gasteiger partial charge in [-0.3, -0.25) is 0 Å². The Morgan fingerprint density at radius 2 is 1.25 bits per heavy atom. The second kappa shape index (κ2) is 16.9. The first-order valence-corrected chi connectivity index (χ1v) is 6.76. The van der Waals surface area contributed by atoms with Crippen LogP contribution in [0.15, 0.2) is 0 Å². The van der Waals surface area contributed by atoms with E-state index >= 15 is 0 Å². The van der Waals surface area contributed by atoms with Crippen LogP contribution in [-0.2, 0) is 17.3 Å². The summed E-state index contributed by atoms with van der Waals surface area (Å²) >= 11 is 4.18. The Kier molecular flexibility index (Phi) is 66.8. The van der Waals surface area contributed by atoms with Crippen LogP contribution < -0.4 is 0 Å². The van der Waals surface area contributed by atoms with Crippen molar-refractivity contribution in [2.75, 3.05) is 0 Å². The quantitative estimate of drug-likeness (QED) is 0.292. The zero-order chi connectivity index (χ0) is 2.00. The first kappa shape index (κ1) is 15.8. The summed E-state index contributed by atoms with van der Waals surface area (Å²) in [5.41, 5.74) is 0. The van der Waals surface area contributed by atoms with E-state index in [0.717, 1.165) is 0 Å². The van der Waals surface area contributed by atoms with Gasteiger partial charge >= 0.3 is 77.6 Å². The normalized spacial score (nSPS) is 1.75. The SMILES string of the molecule is [GeH4].[SnH4].[Te][Au]. The first-order chi connectivity index (χ1) is 1.00. The summed E-state index contributed by atoms with van der Waals surface area (Å²) in [5, 5.41) is 0. The summed E-state index contributed by atoms with van der Waals surface area (Å²) < 4.78 is 0. The second-order valence-electron chi connectivity index (χ2n) is 0. The first-order valence-electron chi connectivity index (χ1n) is 0.123. The van der Waals surface area contributed by atoms with Crippen molar-refractivity contribution in [2.24, 2.45) is 0 Å². The molecule has 0 saturated heterocycles. The van der Waals surface area contributed by atoms with Crippen molar-refractivity contribution in [3.8, 4) is 0 Å². The minimum atomic E-state index is 0. The molecular formula is H8AuGeSnTe. The molecule has 0 fully saturated rings. The van der Waals surface area contributed by atoms with Crippen LogP contribution in [0.4, 0.5) is 0 Å². The Balaban J connectivity index is -0.00000000500. The van der Waals surface area contributed by atoms with Crippen molar-refractivity contribution in [3.05, 3.63) is 0 Å². The fourth-order valence-corrected chi connectivity index (χ4v) is 0. The molecule has 0 aromatic carbocycles. The summed E-state index contributed by atoms with van der Waals surface area (Å²) in [6, 6.07) is 0. The average Bonchev–Trinajstić information content (AvgIpc) is 1.00. The van der Waals surface area contributed by atoms with E-state index in [-0.39, 0.29) is 41.5 Å². The summed E-state index contributed by atoms with van der Waals surface area (Å²) in [6.07, 6.45) is 0. The Bertz CT molecular complexity index is 8.00. The van der Waals surface area contributed by atoms with Crippen LogP contribution in [0.3, 0.4) is 0 Å². The molecule has 4 heavy (non-hydrogen) atoms. The van der Waals surface area contributed by atoms with E-state index in [1.807, 2.05) is 18.8 Å². The Morgan fingerprint density at radius 1 is 1.25 bits per heavy atom. The van der Waals surface area contributed by atoms with Crippen LogP contribution in [0.2, 0.25) is 0 Å². The van der Waals surface area contributed by atoms with Crippen molar-refractivity contribution in [1.29, 1.82) is 0 Å². The fourth-order valence-electron chi connectivity index (χ4n) is 0. The maximum absolute atomic E-state index is 2.29. The van der Waals surface area contributed by atoms with Crippen LogP contribution in [0.5, 0.6) is 0 Å². The molecule has 0 heterocycles. The molecule has 0 amide bonds. The van der Waals surface area contributed by atoms with Gasteiger partial charge in [-0.05, 0) is 0 Å². The Labute approximate surface area is 76.1 Å². The van der Waals surface area contributed by atoms with Crippen LogP contribution >= 0.6 is 0 Å². The average molecular weight is 524 g/mol. The van der Waals surface area contributed by atoms with Crippen LogP contribution in [0.1, 0.15) is 0 Å². The molecule has 0 nitrogen and oxygen atoms in total.